The van der Waals surface area contributed by atoms with Crippen LogP contribution in [0.4, 0.5) is 13.2 Å². The SMILES string of the molecule is FC(F)(F)Cc1nnc2c(Cl)c(-c3ccnc4c3C3(CCNCC3)CO4)ccn12. The smallest absolute Gasteiger partial charge is 0.396 e. The number of halogens is 4. The van der Waals surface area contributed by atoms with Gasteiger partial charge in [-0.25, -0.2) is 4.98 Å². The van der Waals surface area contributed by atoms with E-state index in [1.165, 1.54) is 10.6 Å². The van der Waals surface area contributed by atoms with Crippen LogP contribution in [0.5, 0.6) is 5.88 Å². The van der Waals surface area contributed by atoms with Crippen LogP contribution in [0.2, 0.25) is 5.02 Å². The summed E-state index contributed by atoms with van der Waals surface area (Å²) in [5, 5.41) is 11.2. The van der Waals surface area contributed by atoms with Crippen molar-refractivity contribution < 1.29 is 17.9 Å². The number of nitrogens with zero attached hydrogens (tertiary/aromatic N) is 4. The molecule has 0 amide bonds. The van der Waals surface area contributed by atoms with Gasteiger partial charge in [0.15, 0.2) is 5.65 Å². The number of pyridine rings is 2. The molecule has 0 bridgehead atoms. The summed E-state index contributed by atoms with van der Waals surface area (Å²) in [6.45, 7) is 2.33. The molecular weight excluding hydrogens is 407 g/mol. The van der Waals surface area contributed by atoms with Crippen LogP contribution in [-0.4, -0.2) is 45.5 Å². The van der Waals surface area contributed by atoms with E-state index in [-0.39, 0.29) is 21.9 Å². The molecule has 1 saturated heterocycles. The number of piperidine rings is 1. The van der Waals surface area contributed by atoms with Gasteiger partial charge in [-0.05, 0) is 43.6 Å². The van der Waals surface area contributed by atoms with Gasteiger partial charge in [-0.3, -0.25) is 4.40 Å². The van der Waals surface area contributed by atoms with Crippen molar-refractivity contribution in [1.82, 2.24) is 24.9 Å². The molecule has 3 aromatic rings. The number of aromatic nitrogens is 4. The minimum absolute atomic E-state index is 0.144. The van der Waals surface area contributed by atoms with Gasteiger partial charge in [0.25, 0.3) is 0 Å². The van der Waals surface area contributed by atoms with Crippen LogP contribution in [0.3, 0.4) is 0 Å². The maximum absolute atomic E-state index is 12.8. The fourth-order valence-corrected chi connectivity index (χ4v) is 4.64. The van der Waals surface area contributed by atoms with Crippen LogP contribution in [0, 0.1) is 0 Å². The van der Waals surface area contributed by atoms with Gasteiger partial charge in [0.1, 0.15) is 12.2 Å². The van der Waals surface area contributed by atoms with Crippen LogP contribution < -0.4 is 10.1 Å². The van der Waals surface area contributed by atoms with Crippen molar-refractivity contribution in [3.63, 3.8) is 0 Å². The minimum atomic E-state index is -4.38. The van der Waals surface area contributed by atoms with E-state index >= 15 is 0 Å². The summed E-state index contributed by atoms with van der Waals surface area (Å²) in [6.07, 6.45) is -0.515. The Morgan fingerprint density at radius 3 is 2.72 bits per heavy atom. The average Bonchev–Trinajstić information content (AvgIpc) is 3.25. The van der Waals surface area contributed by atoms with Crippen LogP contribution in [0.15, 0.2) is 24.5 Å². The van der Waals surface area contributed by atoms with Crippen molar-refractivity contribution in [3.05, 3.63) is 40.9 Å². The van der Waals surface area contributed by atoms with Gasteiger partial charge in [0, 0.05) is 28.9 Å². The van der Waals surface area contributed by atoms with Crippen molar-refractivity contribution in [3.8, 4) is 17.0 Å². The van der Waals surface area contributed by atoms with Crippen molar-refractivity contribution in [1.29, 1.82) is 0 Å². The fraction of sp³-hybridized carbons (Fsp3) is 0.421. The van der Waals surface area contributed by atoms with Crippen LogP contribution in [0.1, 0.15) is 24.2 Å². The summed E-state index contributed by atoms with van der Waals surface area (Å²) in [4.78, 5) is 4.39. The standard InChI is InChI=1S/C19H17ClF3N5O/c20-15-12(2-8-28-13(9-19(21,22)23)26-27-16(15)28)11-1-5-25-17-14(11)18(10-29-17)3-6-24-7-4-18/h1-2,5,8,24H,3-4,6-7,9-10H2. The maximum atomic E-state index is 12.8. The lowest BCUT2D eigenvalue weighted by molar-refractivity contribution is -0.128. The lowest BCUT2D eigenvalue weighted by atomic mass is 9.73. The first kappa shape index (κ1) is 18.6. The molecule has 5 heterocycles. The average molecular weight is 424 g/mol. The Bertz CT molecular complexity index is 1090. The number of hydrogen-bond acceptors (Lipinski definition) is 5. The number of ether oxygens (including phenoxy) is 1. The second-order valence-electron chi connectivity index (χ2n) is 7.50. The van der Waals surface area contributed by atoms with E-state index in [2.05, 4.69) is 20.5 Å². The number of alkyl halides is 3. The van der Waals surface area contributed by atoms with E-state index in [1.54, 1.807) is 12.3 Å². The van der Waals surface area contributed by atoms with Crippen molar-refractivity contribution in [2.75, 3.05) is 19.7 Å². The van der Waals surface area contributed by atoms with Crippen molar-refractivity contribution in [2.24, 2.45) is 0 Å². The maximum Gasteiger partial charge on any atom is 0.396 e. The number of nitrogens with one attached hydrogen (secondary N) is 1. The molecule has 152 valence electrons. The molecule has 0 aromatic carbocycles. The van der Waals surface area contributed by atoms with Crippen molar-refractivity contribution in [2.45, 2.75) is 30.9 Å². The molecule has 10 heteroatoms. The monoisotopic (exact) mass is 423 g/mol. The van der Waals surface area contributed by atoms with E-state index in [4.69, 9.17) is 16.3 Å². The Labute approximate surface area is 169 Å². The lowest BCUT2D eigenvalue weighted by Gasteiger charge is -2.33. The summed E-state index contributed by atoms with van der Waals surface area (Å²) >= 11 is 6.61. The highest BCUT2D eigenvalue weighted by Gasteiger charge is 2.44. The summed E-state index contributed by atoms with van der Waals surface area (Å²) < 4.78 is 45.6. The molecule has 1 spiro atoms. The van der Waals surface area contributed by atoms with Gasteiger partial charge in [-0.1, -0.05) is 11.6 Å². The normalized spacial score (nSPS) is 18.2. The second kappa shape index (κ2) is 6.56. The molecule has 2 aliphatic rings. The van der Waals surface area contributed by atoms with Crippen LogP contribution >= 0.6 is 11.6 Å². The quantitative estimate of drug-likeness (QED) is 0.682. The first-order valence-corrected chi connectivity index (χ1v) is 9.68. The third-order valence-electron chi connectivity index (χ3n) is 5.73. The van der Waals surface area contributed by atoms with Gasteiger partial charge in [-0.2, -0.15) is 13.2 Å². The molecule has 0 radical (unpaired) electrons. The minimum Gasteiger partial charge on any atom is -0.476 e. The Morgan fingerprint density at radius 2 is 1.97 bits per heavy atom. The molecule has 0 unspecified atom stereocenters. The van der Waals surface area contributed by atoms with E-state index in [0.29, 0.717) is 18.1 Å². The lowest BCUT2D eigenvalue weighted by Crippen LogP contribution is -2.41. The zero-order valence-corrected chi connectivity index (χ0v) is 16.0. The molecule has 1 N–H and O–H groups in total. The third kappa shape index (κ3) is 3.03. The van der Waals surface area contributed by atoms with Gasteiger partial charge in [0.05, 0.1) is 11.6 Å². The Morgan fingerprint density at radius 1 is 1.17 bits per heavy atom. The van der Waals surface area contributed by atoms with Gasteiger partial charge in [-0.15, -0.1) is 10.2 Å². The molecular formula is C19H17ClF3N5O. The van der Waals surface area contributed by atoms with E-state index in [1.807, 2.05) is 6.07 Å². The van der Waals surface area contributed by atoms with Gasteiger partial charge >= 0.3 is 6.18 Å². The molecule has 6 nitrogen and oxygen atoms in total. The van der Waals surface area contributed by atoms with E-state index in [9.17, 15) is 13.2 Å². The number of rotatable bonds is 2. The predicted octanol–water partition coefficient (Wildman–Crippen LogP) is 3.56. The highest BCUT2D eigenvalue weighted by atomic mass is 35.5. The molecule has 3 aromatic heterocycles. The number of fused-ring (bicyclic) bond motifs is 3. The zero-order valence-electron chi connectivity index (χ0n) is 15.3. The summed E-state index contributed by atoms with van der Waals surface area (Å²) in [5.41, 5.74) is 2.64. The highest BCUT2D eigenvalue weighted by Crippen LogP contribution is 2.49. The Kier molecular flexibility index (Phi) is 4.22. The summed E-state index contributed by atoms with van der Waals surface area (Å²) in [6, 6.07) is 3.59. The first-order chi connectivity index (χ1) is 13.9. The molecule has 0 saturated carbocycles. The summed E-state index contributed by atoms with van der Waals surface area (Å²) in [5.74, 6) is 0.402. The Hall–Kier alpha value is -2.39. The van der Waals surface area contributed by atoms with E-state index < -0.39 is 12.6 Å². The van der Waals surface area contributed by atoms with Gasteiger partial charge < -0.3 is 10.1 Å². The third-order valence-corrected chi connectivity index (χ3v) is 6.10. The molecule has 2 aliphatic heterocycles. The molecule has 29 heavy (non-hydrogen) atoms. The first-order valence-electron chi connectivity index (χ1n) is 9.30. The van der Waals surface area contributed by atoms with Crippen LogP contribution in [0.25, 0.3) is 16.8 Å². The summed E-state index contributed by atoms with van der Waals surface area (Å²) in [7, 11) is 0. The largest absolute Gasteiger partial charge is 0.476 e. The van der Waals surface area contributed by atoms with Gasteiger partial charge in [0.2, 0.25) is 5.88 Å². The molecule has 5 rings (SSSR count). The predicted molar refractivity (Wildman–Crippen MR) is 100 cm³/mol. The zero-order chi connectivity index (χ0) is 20.2. The van der Waals surface area contributed by atoms with Crippen LogP contribution in [-0.2, 0) is 11.8 Å². The van der Waals surface area contributed by atoms with E-state index in [0.717, 1.165) is 37.1 Å². The number of hydrogen-bond donors (Lipinski definition) is 1. The fourth-order valence-electron chi connectivity index (χ4n) is 4.35. The topological polar surface area (TPSA) is 64.3 Å². The highest BCUT2D eigenvalue weighted by molar-refractivity contribution is 6.36. The molecule has 0 atom stereocenters. The molecule has 1 fully saturated rings. The molecule has 0 aliphatic carbocycles. The second-order valence-corrected chi connectivity index (χ2v) is 7.88. The Balaban J connectivity index is 1.65. The van der Waals surface area contributed by atoms with Crippen molar-refractivity contribution >= 4 is 17.2 Å².